The van der Waals surface area contributed by atoms with Crippen LogP contribution in [0.15, 0.2) is 30.5 Å². The van der Waals surface area contributed by atoms with Crippen LogP contribution >= 0.6 is 0 Å². The highest BCUT2D eigenvalue weighted by Gasteiger charge is 2.21. The summed E-state index contributed by atoms with van der Waals surface area (Å²) in [7, 11) is 0. The van der Waals surface area contributed by atoms with E-state index in [1.54, 1.807) is 6.20 Å². The summed E-state index contributed by atoms with van der Waals surface area (Å²) in [5.41, 5.74) is 10.2. The van der Waals surface area contributed by atoms with Crippen molar-refractivity contribution in [3.8, 4) is 17.1 Å². The summed E-state index contributed by atoms with van der Waals surface area (Å²) in [5, 5.41) is 0. The Labute approximate surface area is 116 Å². The number of rotatable bonds is 1. The van der Waals surface area contributed by atoms with Crippen LogP contribution in [0.2, 0.25) is 0 Å². The number of nitrogens with two attached hydrogens (primary N) is 1. The van der Waals surface area contributed by atoms with Gasteiger partial charge in [0.05, 0.1) is 17.8 Å². The number of benzene rings is 1. The minimum atomic E-state index is 0.453. The molecule has 0 saturated carbocycles. The van der Waals surface area contributed by atoms with E-state index < -0.39 is 0 Å². The van der Waals surface area contributed by atoms with Crippen molar-refractivity contribution in [1.29, 1.82) is 0 Å². The molecule has 0 bridgehead atoms. The van der Waals surface area contributed by atoms with E-state index in [0.717, 1.165) is 41.4 Å². The Kier molecular flexibility index (Phi) is 2.24. The third-order valence-corrected chi connectivity index (χ3v) is 3.75. The molecule has 0 aliphatic carbocycles. The molecule has 0 fully saturated rings. The summed E-state index contributed by atoms with van der Waals surface area (Å²) >= 11 is 0. The molecule has 0 atom stereocenters. The fraction of sp³-hybridized carbons (Fsp3) is 0.200. The maximum Gasteiger partial charge on any atom is 0.206 e. The van der Waals surface area contributed by atoms with Gasteiger partial charge in [-0.25, -0.2) is 9.97 Å². The van der Waals surface area contributed by atoms with Crippen LogP contribution in [0.5, 0.6) is 5.75 Å². The molecule has 4 rings (SSSR count). The van der Waals surface area contributed by atoms with Gasteiger partial charge in [-0.3, -0.25) is 4.40 Å². The van der Waals surface area contributed by atoms with Crippen molar-refractivity contribution in [1.82, 2.24) is 14.4 Å². The molecular weight excluding hydrogens is 252 g/mol. The second-order valence-electron chi connectivity index (χ2n) is 4.93. The van der Waals surface area contributed by atoms with Crippen molar-refractivity contribution in [2.45, 2.75) is 13.3 Å². The molecule has 5 heteroatoms. The van der Waals surface area contributed by atoms with Gasteiger partial charge in [-0.15, -0.1) is 0 Å². The molecular formula is C15H14N4O. The van der Waals surface area contributed by atoms with Crippen LogP contribution in [0, 0.1) is 6.92 Å². The Morgan fingerprint density at radius 2 is 2.20 bits per heavy atom. The van der Waals surface area contributed by atoms with E-state index in [9.17, 15) is 0 Å². The number of hydrogen-bond donors (Lipinski definition) is 1. The zero-order chi connectivity index (χ0) is 13.7. The number of aryl methyl sites for hydroxylation is 1. The van der Waals surface area contributed by atoms with Gasteiger partial charge in [0, 0.05) is 23.7 Å². The fourth-order valence-electron chi connectivity index (χ4n) is 2.82. The number of nitrogen functional groups attached to an aromatic ring is 1. The Morgan fingerprint density at radius 3 is 3.10 bits per heavy atom. The van der Waals surface area contributed by atoms with Gasteiger partial charge < -0.3 is 10.5 Å². The monoisotopic (exact) mass is 266 g/mol. The highest BCUT2D eigenvalue weighted by Crippen LogP contribution is 2.35. The van der Waals surface area contributed by atoms with Crippen molar-refractivity contribution in [3.05, 3.63) is 41.7 Å². The van der Waals surface area contributed by atoms with Gasteiger partial charge in [-0.05, 0) is 19.1 Å². The molecule has 0 unspecified atom stereocenters. The first-order chi connectivity index (χ1) is 9.75. The van der Waals surface area contributed by atoms with Gasteiger partial charge in [0.25, 0.3) is 0 Å². The van der Waals surface area contributed by atoms with E-state index in [1.807, 2.05) is 29.5 Å². The fourth-order valence-corrected chi connectivity index (χ4v) is 2.82. The van der Waals surface area contributed by atoms with Crippen LogP contribution in [0.25, 0.3) is 16.9 Å². The van der Waals surface area contributed by atoms with E-state index in [4.69, 9.17) is 10.5 Å². The summed E-state index contributed by atoms with van der Waals surface area (Å²) in [6, 6.07) is 7.98. The zero-order valence-electron chi connectivity index (χ0n) is 11.1. The summed E-state index contributed by atoms with van der Waals surface area (Å²) in [4.78, 5) is 8.86. The van der Waals surface area contributed by atoms with Crippen molar-refractivity contribution >= 4 is 11.5 Å². The van der Waals surface area contributed by atoms with E-state index >= 15 is 0 Å². The number of ether oxygens (including phenoxy) is 1. The molecule has 3 heterocycles. The van der Waals surface area contributed by atoms with E-state index in [1.165, 1.54) is 5.56 Å². The third-order valence-electron chi connectivity index (χ3n) is 3.75. The maximum absolute atomic E-state index is 6.03. The Balaban J connectivity index is 2.07. The van der Waals surface area contributed by atoms with Crippen LogP contribution in [0.3, 0.4) is 0 Å². The molecule has 0 amide bonds. The molecule has 20 heavy (non-hydrogen) atoms. The quantitative estimate of drug-likeness (QED) is 0.733. The van der Waals surface area contributed by atoms with Crippen LogP contribution in [-0.4, -0.2) is 21.0 Å². The second kappa shape index (κ2) is 3.96. The molecule has 2 N–H and O–H groups in total. The van der Waals surface area contributed by atoms with Crippen LogP contribution in [0.4, 0.5) is 5.95 Å². The maximum atomic E-state index is 6.03. The first kappa shape index (κ1) is 11.3. The highest BCUT2D eigenvalue weighted by molar-refractivity contribution is 5.72. The predicted molar refractivity (Wildman–Crippen MR) is 76.8 cm³/mol. The Hall–Kier alpha value is -2.56. The predicted octanol–water partition coefficient (Wildman–Crippen LogP) is 2.22. The van der Waals surface area contributed by atoms with Gasteiger partial charge in [0.2, 0.25) is 5.95 Å². The SMILES string of the molecule is Cc1nc(-c2cccc3c2CCO3)n2c(N)nccc12. The van der Waals surface area contributed by atoms with Crippen LogP contribution in [0.1, 0.15) is 11.3 Å². The lowest BCUT2D eigenvalue weighted by atomic mass is 10.0. The van der Waals surface area contributed by atoms with E-state index in [0.29, 0.717) is 5.95 Å². The molecule has 1 aliphatic rings. The van der Waals surface area contributed by atoms with Gasteiger partial charge in [0.15, 0.2) is 0 Å². The van der Waals surface area contributed by atoms with Crippen molar-refractivity contribution in [3.63, 3.8) is 0 Å². The lowest BCUT2D eigenvalue weighted by molar-refractivity contribution is 0.357. The molecule has 1 aromatic carbocycles. The van der Waals surface area contributed by atoms with Crippen LogP contribution < -0.4 is 10.5 Å². The summed E-state index contributed by atoms with van der Waals surface area (Å²) < 4.78 is 7.53. The van der Waals surface area contributed by atoms with Crippen molar-refractivity contribution in [2.75, 3.05) is 12.3 Å². The molecule has 5 nitrogen and oxygen atoms in total. The standard InChI is InChI=1S/C15H14N4O/c1-9-12-5-7-17-15(16)19(12)14(18-9)11-3-2-4-13-10(11)6-8-20-13/h2-5,7H,6,8H2,1H3,(H2,16,17). The lowest BCUT2D eigenvalue weighted by Crippen LogP contribution is -2.02. The van der Waals surface area contributed by atoms with Gasteiger partial charge in [0.1, 0.15) is 11.6 Å². The van der Waals surface area contributed by atoms with Gasteiger partial charge in [-0.2, -0.15) is 0 Å². The summed E-state index contributed by atoms with van der Waals surface area (Å²) in [5.74, 6) is 2.24. The highest BCUT2D eigenvalue weighted by atomic mass is 16.5. The summed E-state index contributed by atoms with van der Waals surface area (Å²) in [6.07, 6.45) is 2.61. The van der Waals surface area contributed by atoms with E-state index in [2.05, 4.69) is 16.0 Å². The number of hydrogen-bond acceptors (Lipinski definition) is 4. The molecule has 0 radical (unpaired) electrons. The first-order valence-electron chi connectivity index (χ1n) is 6.60. The normalized spacial score (nSPS) is 13.4. The minimum Gasteiger partial charge on any atom is -0.493 e. The Morgan fingerprint density at radius 1 is 1.30 bits per heavy atom. The molecule has 3 aromatic rings. The van der Waals surface area contributed by atoms with Gasteiger partial charge in [-0.1, -0.05) is 12.1 Å². The number of anilines is 1. The molecule has 0 spiro atoms. The van der Waals surface area contributed by atoms with Crippen molar-refractivity contribution in [2.24, 2.45) is 0 Å². The lowest BCUT2D eigenvalue weighted by Gasteiger charge is -2.07. The first-order valence-corrected chi connectivity index (χ1v) is 6.60. The molecule has 0 saturated heterocycles. The largest absolute Gasteiger partial charge is 0.493 e. The van der Waals surface area contributed by atoms with E-state index in [-0.39, 0.29) is 0 Å². The number of nitrogens with zero attached hydrogens (tertiary/aromatic N) is 3. The van der Waals surface area contributed by atoms with Crippen molar-refractivity contribution < 1.29 is 4.74 Å². The average molecular weight is 266 g/mol. The molecule has 100 valence electrons. The average Bonchev–Trinajstić information content (AvgIpc) is 3.04. The van der Waals surface area contributed by atoms with Gasteiger partial charge >= 0.3 is 0 Å². The minimum absolute atomic E-state index is 0.453. The smallest absolute Gasteiger partial charge is 0.206 e. The third kappa shape index (κ3) is 1.43. The second-order valence-corrected chi connectivity index (χ2v) is 4.93. The number of fused-ring (bicyclic) bond motifs is 2. The molecule has 2 aromatic heterocycles. The number of imidazole rings is 1. The molecule has 1 aliphatic heterocycles. The number of aromatic nitrogens is 3. The Bertz CT molecular complexity index is 822. The zero-order valence-corrected chi connectivity index (χ0v) is 11.1. The van der Waals surface area contributed by atoms with Crippen LogP contribution in [-0.2, 0) is 6.42 Å². The summed E-state index contributed by atoms with van der Waals surface area (Å²) in [6.45, 7) is 2.71. The topological polar surface area (TPSA) is 65.4 Å².